The van der Waals surface area contributed by atoms with Crippen LogP contribution in [0.25, 0.3) is 0 Å². The molecule has 0 aliphatic rings. The summed E-state index contributed by atoms with van der Waals surface area (Å²) in [5, 5.41) is 0. The zero-order valence-corrected chi connectivity index (χ0v) is 9.13. The van der Waals surface area contributed by atoms with Crippen molar-refractivity contribution in [3.05, 3.63) is 0 Å². The van der Waals surface area contributed by atoms with E-state index in [9.17, 15) is 0 Å². The zero-order chi connectivity index (χ0) is 7.44. The normalized spacial score (nSPS) is 12.0. The molecule has 56 valence electrons. The van der Waals surface area contributed by atoms with E-state index in [1.807, 2.05) is 6.92 Å². The van der Waals surface area contributed by atoms with Gasteiger partial charge in [0.05, 0.1) is 8.92 Å². The van der Waals surface area contributed by atoms with Crippen molar-refractivity contribution in [1.82, 2.24) is 0 Å². The van der Waals surface area contributed by atoms with Crippen molar-refractivity contribution in [2.45, 2.75) is 21.9 Å². The molecular formula is C4H8Cl4Si. The molecule has 9 heavy (non-hydrogen) atoms. The van der Waals surface area contributed by atoms with Crippen LogP contribution in [0.15, 0.2) is 0 Å². The van der Waals surface area contributed by atoms with Gasteiger partial charge in [-0.25, -0.2) is 0 Å². The van der Waals surface area contributed by atoms with Crippen molar-refractivity contribution in [3.63, 3.8) is 0 Å². The summed E-state index contributed by atoms with van der Waals surface area (Å²) in [5.74, 6) is 0. The molecule has 0 rings (SSSR count). The van der Waals surface area contributed by atoms with Crippen LogP contribution in [0.4, 0.5) is 0 Å². The van der Waals surface area contributed by atoms with E-state index in [-0.39, 0.29) is 8.92 Å². The molecule has 0 saturated carbocycles. The number of rotatable bonds is 3. The summed E-state index contributed by atoms with van der Waals surface area (Å²) in [6, 6.07) is 0.940. The predicted octanol–water partition coefficient (Wildman–Crippen LogP) is 2.92. The van der Waals surface area contributed by atoms with Gasteiger partial charge in [0.25, 0.3) is 0 Å². The lowest BCUT2D eigenvalue weighted by molar-refractivity contribution is 1.36. The van der Waals surface area contributed by atoms with Crippen LogP contribution in [0, 0.1) is 0 Å². The molecule has 0 aliphatic heterocycles. The van der Waals surface area contributed by atoms with E-state index in [0.29, 0.717) is 0 Å². The second-order valence-electron chi connectivity index (χ2n) is 1.74. The van der Waals surface area contributed by atoms with Crippen molar-refractivity contribution in [1.29, 1.82) is 0 Å². The maximum absolute atomic E-state index is 5.60. The molecule has 0 aromatic rings. The molecular weight excluding hydrogens is 218 g/mol. The third-order valence-corrected chi connectivity index (χ3v) is 7.24. The highest BCUT2D eigenvalue weighted by molar-refractivity contribution is 6.90. The highest BCUT2D eigenvalue weighted by atomic mass is 35.5. The van der Waals surface area contributed by atoms with Crippen LogP contribution in [0.5, 0.6) is 0 Å². The molecule has 0 aromatic heterocycles. The molecule has 0 saturated heterocycles. The monoisotopic (exact) mass is 224 g/mol. The van der Waals surface area contributed by atoms with E-state index in [4.69, 9.17) is 46.4 Å². The van der Waals surface area contributed by atoms with Gasteiger partial charge in [0.15, 0.2) is 0 Å². The summed E-state index contributed by atoms with van der Waals surface area (Å²) in [6.07, 6.45) is 0. The lowest BCUT2D eigenvalue weighted by atomic mass is 11.0. The van der Waals surface area contributed by atoms with Crippen LogP contribution in [0.2, 0.25) is 6.04 Å². The third-order valence-electron chi connectivity index (χ3n) is 1.12. The van der Waals surface area contributed by atoms with Gasteiger partial charge >= 0.3 is 0 Å². The Morgan fingerprint density at radius 2 is 1.44 bits per heavy atom. The van der Waals surface area contributed by atoms with Crippen molar-refractivity contribution < 1.29 is 0 Å². The van der Waals surface area contributed by atoms with E-state index in [0.717, 1.165) is 6.04 Å². The summed E-state index contributed by atoms with van der Waals surface area (Å²) in [4.78, 5) is 0. The second kappa shape index (κ2) is 5.08. The standard InChI is InChI=1S/C4H8Cl4Si/c1-2-9(3(5)6)4(7)8/h3-4,9H,2H2,1H3. The number of hydrogen-bond donors (Lipinski definition) is 0. The van der Waals surface area contributed by atoms with Crippen LogP contribution in [-0.4, -0.2) is 17.7 Å². The molecule has 0 heterocycles. The van der Waals surface area contributed by atoms with Crippen molar-refractivity contribution in [2.24, 2.45) is 0 Å². The van der Waals surface area contributed by atoms with Crippen LogP contribution in [-0.2, 0) is 0 Å². The first-order valence-electron chi connectivity index (χ1n) is 2.65. The molecule has 0 spiro atoms. The van der Waals surface area contributed by atoms with Crippen molar-refractivity contribution in [2.75, 3.05) is 0 Å². The Hall–Kier alpha value is 1.38. The summed E-state index contributed by atoms with van der Waals surface area (Å²) in [6.45, 7) is 2.01. The van der Waals surface area contributed by atoms with Gasteiger partial charge in [-0.1, -0.05) is 13.0 Å². The van der Waals surface area contributed by atoms with Gasteiger partial charge in [-0.3, -0.25) is 0 Å². The van der Waals surface area contributed by atoms with E-state index >= 15 is 0 Å². The molecule has 0 aromatic carbocycles. The van der Waals surface area contributed by atoms with E-state index in [1.54, 1.807) is 0 Å². The minimum atomic E-state index is -1.30. The first-order chi connectivity index (χ1) is 4.09. The Bertz CT molecular complexity index is 67.0. The zero-order valence-electron chi connectivity index (χ0n) is 4.95. The van der Waals surface area contributed by atoms with E-state index < -0.39 is 8.80 Å². The van der Waals surface area contributed by atoms with Crippen molar-refractivity contribution in [3.8, 4) is 0 Å². The molecule has 0 unspecified atom stereocenters. The molecule has 0 fully saturated rings. The van der Waals surface area contributed by atoms with E-state index in [2.05, 4.69) is 0 Å². The number of alkyl halides is 4. The summed E-state index contributed by atoms with van der Waals surface area (Å²) in [7, 11) is -1.30. The van der Waals surface area contributed by atoms with Crippen molar-refractivity contribution >= 4 is 55.2 Å². The van der Waals surface area contributed by atoms with Gasteiger partial charge in [0, 0.05) is 0 Å². The van der Waals surface area contributed by atoms with Gasteiger partial charge in [-0.2, -0.15) is 0 Å². The Kier molecular flexibility index (Phi) is 5.86. The third kappa shape index (κ3) is 3.94. The largest absolute Gasteiger partial charge is 0.115 e. The molecule has 0 atom stereocenters. The molecule has 0 radical (unpaired) electrons. The highest BCUT2D eigenvalue weighted by Gasteiger charge is 2.23. The van der Waals surface area contributed by atoms with E-state index in [1.165, 1.54) is 0 Å². The first kappa shape index (κ1) is 10.4. The molecule has 0 N–H and O–H groups in total. The minimum Gasteiger partial charge on any atom is -0.110 e. The SMILES string of the molecule is CC[SiH](C(Cl)Cl)C(Cl)Cl. The summed E-state index contributed by atoms with van der Waals surface area (Å²) in [5.41, 5.74) is 0. The number of hydrogen-bond acceptors (Lipinski definition) is 0. The molecule has 0 amide bonds. The smallest absolute Gasteiger partial charge is 0.110 e. The van der Waals surface area contributed by atoms with Crippen LogP contribution in [0.1, 0.15) is 6.92 Å². The molecule has 0 aliphatic carbocycles. The van der Waals surface area contributed by atoms with Gasteiger partial charge in [-0.05, 0) is 0 Å². The van der Waals surface area contributed by atoms with Gasteiger partial charge < -0.3 is 0 Å². The van der Waals surface area contributed by atoms with Crippen LogP contribution < -0.4 is 0 Å². The summed E-state index contributed by atoms with van der Waals surface area (Å²) < 4.78 is -0.648. The van der Waals surface area contributed by atoms with Gasteiger partial charge in [-0.15, -0.1) is 46.4 Å². The average Bonchev–Trinajstić information content (AvgIpc) is 1.64. The van der Waals surface area contributed by atoms with Crippen LogP contribution in [0.3, 0.4) is 0 Å². The lowest BCUT2D eigenvalue weighted by Gasteiger charge is -2.13. The maximum Gasteiger partial charge on any atom is 0.115 e. The Morgan fingerprint density at radius 1 is 1.11 bits per heavy atom. The minimum absolute atomic E-state index is 0.324. The van der Waals surface area contributed by atoms with Crippen LogP contribution >= 0.6 is 46.4 Å². The average molecular weight is 226 g/mol. The maximum atomic E-state index is 5.60. The highest BCUT2D eigenvalue weighted by Crippen LogP contribution is 2.19. The van der Waals surface area contributed by atoms with Gasteiger partial charge in [0.2, 0.25) is 0 Å². The Labute approximate surface area is 77.0 Å². The van der Waals surface area contributed by atoms with Gasteiger partial charge in [0.1, 0.15) is 8.80 Å². The second-order valence-corrected chi connectivity index (χ2v) is 9.24. The summed E-state index contributed by atoms with van der Waals surface area (Å²) >= 11 is 22.4. The number of halogens is 4. The fourth-order valence-electron chi connectivity index (χ4n) is 0.466. The molecule has 0 nitrogen and oxygen atoms in total. The fourth-order valence-corrected chi connectivity index (χ4v) is 6.18. The first-order valence-corrected chi connectivity index (χ1v) is 6.55. The predicted molar refractivity (Wildman–Crippen MR) is 48.6 cm³/mol. The lowest BCUT2D eigenvalue weighted by Crippen LogP contribution is -2.28. The Balaban J connectivity index is 3.68. The quantitative estimate of drug-likeness (QED) is 0.512. The molecule has 5 heteroatoms. The molecule has 0 bridgehead atoms. The Morgan fingerprint density at radius 3 is 1.44 bits per heavy atom. The topological polar surface area (TPSA) is 0 Å². The fraction of sp³-hybridized carbons (Fsp3) is 1.00.